The van der Waals surface area contributed by atoms with Crippen LogP contribution in [0.4, 0.5) is 14.5 Å². The number of rotatable bonds is 8. The van der Waals surface area contributed by atoms with Crippen molar-refractivity contribution >= 4 is 17.6 Å². The summed E-state index contributed by atoms with van der Waals surface area (Å²) in [6.07, 6.45) is 3.61. The van der Waals surface area contributed by atoms with Gasteiger partial charge in [0.2, 0.25) is 0 Å². The zero-order valence-electron chi connectivity index (χ0n) is 22.8. The molecule has 3 heterocycles. The topological polar surface area (TPSA) is 90.7 Å². The van der Waals surface area contributed by atoms with Gasteiger partial charge in [-0.1, -0.05) is 12.1 Å². The Bertz CT molecular complexity index is 1510. The molecule has 1 unspecified atom stereocenters. The van der Waals surface area contributed by atoms with Crippen molar-refractivity contribution in [2.45, 2.75) is 49.4 Å². The molecule has 2 aromatic carbocycles. The molecular formula is C31H31F2N4O4-. The minimum Gasteiger partial charge on any atom is -0.543 e. The van der Waals surface area contributed by atoms with Gasteiger partial charge in [-0.2, -0.15) is 5.10 Å². The number of benzene rings is 2. The Morgan fingerprint density at radius 2 is 1.73 bits per heavy atom. The van der Waals surface area contributed by atoms with Crippen molar-refractivity contribution in [3.8, 4) is 11.4 Å². The summed E-state index contributed by atoms with van der Waals surface area (Å²) in [7, 11) is 1.56. The Labute approximate surface area is 236 Å². The van der Waals surface area contributed by atoms with Crippen LogP contribution in [0.15, 0.2) is 48.5 Å². The number of hydrogen-bond donors (Lipinski definition) is 0. The first-order valence-corrected chi connectivity index (χ1v) is 14.2. The number of aromatic carboxylic acids is 1. The SMILES string of the molecule is COc1ccc(-n2nc(C(=O)[O-])c3c2C(=O)N(c2ccc(C(CN4CCC(F)(F)C4)C4CC4)cc2)CC32CC2)cc1. The van der Waals surface area contributed by atoms with E-state index in [1.54, 1.807) is 36.3 Å². The summed E-state index contributed by atoms with van der Waals surface area (Å²) in [5.41, 5.74) is 2.40. The lowest BCUT2D eigenvalue weighted by Crippen LogP contribution is -2.45. The number of methoxy groups -OCH3 is 1. The molecule has 7 rings (SSSR count). The quantitative estimate of drug-likeness (QED) is 0.416. The number of carboxylic acid groups (broad SMARTS) is 1. The first-order valence-electron chi connectivity index (χ1n) is 14.2. The van der Waals surface area contributed by atoms with Crippen LogP contribution in [0.3, 0.4) is 0 Å². The van der Waals surface area contributed by atoms with Gasteiger partial charge in [-0.25, -0.2) is 13.5 Å². The van der Waals surface area contributed by atoms with Gasteiger partial charge in [0.05, 0.1) is 25.3 Å². The maximum absolute atomic E-state index is 14.1. The molecule has 8 nitrogen and oxygen atoms in total. The van der Waals surface area contributed by atoms with Crippen LogP contribution in [-0.4, -0.2) is 65.8 Å². The smallest absolute Gasteiger partial charge is 0.277 e. The van der Waals surface area contributed by atoms with Crippen LogP contribution >= 0.6 is 0 Å². The number of carbonyl (C=O) groups is 2. The first kappa shape index (κ1) is 26.1. The van der Waals surface area contributed by atoms with Gasteiger partial charge in [-0.3, -0.25) is 9.69 Å². The zero-order chi connectivity index (χ0) is 28.5. The van der Waals surface area contributed by atoms with Crippen molar-refractivity contribution in [1.29, 1.82) is 0 Å². The van der Waals surface area contributed by atoms with Gasteiger partial charge in [-0.05, 0) is 79.5 Å². The minimum absolute atomic E-state index is 0.0864. The number of fused-ring (bicyclic) bond motifs is 2. The van der Waals surface area contributed by atoms with Gasteiger partial charge in [-0.15, -0.1) is 0 Å². The molecule has 3 fully saturated rings. The minimum atomic E-state index is -2.61. The lowest BCUT2D eigenvalue weighted by molar-refractivity contribution is -0.255. The van der Waals surface area contributed by atoms with Crippen LogP contribution < -0.4 is 14.7 Å². The van der Waals surface area contributed by atoms with Crippen LogP contribution in [0.25, 0.3) is 5.69 Å². The maximum atomic E-state index is 14.1. The van der Waals surface area contributed by atoms with E-state index in [-0.39, 0.29) is 36.2 Å². The van der Waals surface area contributed by atoms with Crippen molar-refractivity contribution in [1.82, 2.24) is 14.7 Å². The molecule has 2 aliphatic carbocycles. The largest absolute Gasteiger partial charge is 0.543 e. The standard InChI is InChI=1S/C31H32F2N4O4/c1-41-23-10-8-22(9-11-23)37-27-25(26(34-37)29(39)40)30(12-13-30)17-36(28(27)38)21-6-4-20(5-7-21)24(19-2-3-19)16-35-15-14-31(32,33)18-35/h4-11,19,24H,2-3,12-18H2,1H3,(H,39,40)/p-1. The molecule has 2 aliphatic heterocycles. The number of amides is 1. The summed E-state index contributed by atoms with van der Waals surface area (Å²) >= 11 is 0. The van der Waals surface area contributed by atoms with E-state index in [1.807, 2.05) is 29.2 Å². The molecule has 1 atom stereocenters. The second-order valence-electron chi connectivity index (χ2n) is 12.0. The molecule has 0 bridgehead atoms. The van der Waals surface area contributed by atoms with E-state index < -0.39 is 17.3 Å². The molecule has 1 spiro atoms. The lowest BCUT2D eigenvalue weighted by Gasteiger charge is -2.34. The summed E-state index contributed by atoms with van der Waals surface area (Å²) < 4.78 is 34.3. The van der Waals surface area contributed by atoms with E-state index in [2.05, 4.69) is 5.10 Å². The monoisotopic (exact) mass is 561 g/mol. The van der Waals surface area contributed by atoms with Gasteiger partial charge in [0.25, 0.3) is 11.8 Å². The number of alkyl halides is 2. The van der Waals surface area contributed by atoms with Crippen LogP contribution in [0.5, 0.6) is 5.75 Å². The van der Waals surface area contributed by atoms with Crippen molar-refractivity contribution in [2.75, 3.05) is 38.2 Å². The Morgan fingerprint density at radius 1 is 1.05 bits per heavy atom. The lowest BCUT2D eigenvalue weighted by atomic mass is 9.88. The second-order valence-corrected chi connectivity index (χ2v) is 12.0. The molecule has 214 valence electrons. The fourth-order valence-corrected chi connectivity index (χ4v) is 6.69. The summed E-state index contributed by atoms with van der Waals surface area (Å²) in [5.74, 6) is -3.03. The molecule has 1 amide bonds. The molecular weight excluding hydrogens is 530 g/mol. The van der Waals surface area contributed by atoms with Crippen LogP contribution in [-0.2, 0) is 5.41 Å². The molecule has 0 N–H and O–H groups in total. The van der Waals surface area contributed by atoms with E-state index in [4.69, 9.17) is 4.74 Å². The molecule has 10 heteroatoms. The maximum Gasteiger partial charge on any atom is 0.277 e. The zero-order valence-corrected chi connectivity index (χ0v) is 22.8. The molecule has 41 heavy (non-hydrogen) atoms. The molecule has 3 aromatic rings. The number of aromatic nitrogens is 2. The number of anilines is 1. The predicted octanol–water partition coefficient (Wildman–Crippen LogP) is 3.77. The number of ether oxygens (including phenoxy) is 1. The van der Waals surface area contributed by atoms with Crippen LogP contribution in [0, 0.1) is 5.92 Å². The average molecular weight is 562 g/mol. The third-order valence-corrected chi connectivity index (χ3v) is 9.22. The normalized spacial score (nSPS) is 21.6. The third-order valence-electron chi connectivity index (χ3n) is 9.22. The van der Waals surface area contributed by atoms with Gasteiger partial charge >= 0.3 is 0 Å². The van der Waals surface area contributed by atoms with Crippen molar-refractivity contribution in [3.63, 3.8) is 0 Å². The predicted molar refractivity (Wildman–Crippen MR) is 145 cm³/mol. The van der Waals surface area contributed by atoms with E-state index in [9.17, 15) is 23.5 Å². The summed E-state index contributed by atoms with van der Waals surface area (Å²) in [6.45, 7) is 1.21. The molecule has 1 aromatic heterocycles. The van der Waals surface area contributed by atoms with Gasteiger partial charge < -0.3 is 19.5 Å². The van der Waals surface area contributed by atoms with Crippen LogP contribution in [0.1, 0.15) is 70.1 Å². The van der Waals surface area contributed by atoms with Crippen molar-refractivity contribution < 1.29 is 28.2 Å². The van der Waals surface area contributed by atoms with Crippen LogP contribution in [0.2, 0.25) is 0 Å². The second kappa shape index (κ2) is 9.37. The highest BCUT2D eigenvalue weighted by Gasteiger charge is 2.55. The highest BCUT2D eigenvalue weighted by atomic mass is 19.3. The molecule has 2 saturated carbocycles. The Balaban J connectivity index is 1.21. The summed E-state index contributed by atoms with van der Waals surface area (Å²) in [5, 5.41) is 16.5. The Morgan fingerprint density at radius 3 is 2.29 bits per heavy atom. The summed E-state index contributed by atoms with van der Waals surface area (Å²) in [4.78, 5) is 29.8. The molecule has 1 saturated heterocycles. The molecule has 4 aliphatic rings. The first-order chi connectivity index (χ1) is 19.7. The van der Waals surface area contributed by atoms with Gasteiger partial charge in [0.15, 0.2) is 0 Å². The van der Waals surface area contributed by atoms with Crippen molar-refractivity contribution in [2.24, 2.45) is 5.92 Å². The van der Waals surface area contributed by atoms with E-state index in [0.717, 1.165) is 36.9 Å². The fraction of sp³-hybridized carbons (Fsp3) is 0.452. The Kier molecular flexibility index (Phi) is 5.97. The summed E-state index contributed by atoms with van der Waals surface area (Å²) in [6, 6.07) is 14.8. The highest BCUT2D eigenvalue weighted by molar-refractivity contribution is 6.10. The number of nitrogens with zero attached hydrogens (tertiary/aromatic N) is 4. The van der Waals surface area contributed by atoms with E-state index in [0.29, 0.717) is 42.6 Å². The average Bonchev–Trinajstić information content (AvgIpc) is 3.88. The van der Waals surface area contributed by atoms with Gasteiger partial charge in [0, 0.05) is 42.7 Å². The Hall–Kier alpha value is -3.79. The highest BCUT2D eigenvalue weighted by Crippen LogP contribution is 2.54. The number of carbonyl (C=O) groups excluding carboxylic acids is 2. The van der Waals surface area contributed by atoms with Crippen molar-refractivity contribution in [3.05, 3.63) is 71.0 Å². The third kappa shape index (κ3) is 4.58. The number of halogens is 2. The number of hydrogen-bond acceptors (Lipinski definition) is 6. The fourth-order valence-electron chi connectivity index (χ4n) is 6.69. The van der Waals surface area contributed by atoms with E-state index >= 15 is 0 Å². The molecule has 0 radical (unpaired) electrons. The van der Waals surface area contributed by atoms with Gasteiger partial charge in [0.1, 0.15) is 17.1 Å². The number of carboxylic acids is 1. The van der Waals surface area contributed by atoms with E-state index in [1.165, 1.54) is 4.68 Å². The number of likely N-dealkylation sites (tertiary alicyclic amines) is 1.